The Morgan fingerprint density at radius 1 is 1.53 bits per heavy atom. The molecule has 4 nitrogen and oxygen atoms in total. The Morgan fingerprint density at radius 3 is 2.89 bits per heavy atom. The number of aromatic nitrogens is 1. The third kappa shape index (κ3) is 3.03. The molecule has 1 aromatic carbocycles. The van der Waals surface area contributed by atoms with Gasteiger partial charge >= 0.3 is 5.97 Å². The number of rotatable bonds is 4. The van der Waals surface area contributed by atoms with Crippen LogP contribution in [0.2, 0.25) is 5.02 Å². The van der Waals surface area contributed by atoms with Crippen LogP contribution in [0.3, 0.4) is 0 Å². The highest BCUT2D eigenvalue weighted by Crippen LogP contribution is 2.28. The second-order valence-corrected chi connectivity index (χ2v) is 5.55. The SMILES string of the molecule is COc1cccc(Cl)c1Cn1cc(I)cc1C(=O)O. The molecule has 0 atom stereocenters. The van der Waals surface area contributed by atoms with Gasteiger partial charge in [0.1, 0.15) is 11.4 Å². The topological polar surface area (TPSA) is 51.5 Å². The molecule has 0 fully saturated rings. The number of carboxylic acid groups (broad SMARTS) is 1. The van der Waals surface area contributed by atoms with Gasteiger partial charge < -0.3 is 14.4 Å². The van der Waals surface area contributed by atoms with E-state index >= 15 is 0 Å². The van der Waals surface area contributed by atoms with Crippen LogP contribution >= 0.6 is 34.2 Å². The quantitative estimate of drug-likeness (QED) is 0.812. The van der Waals surface area contributed by atoms with Gasteiger partial charge in [-0.3, -0.25) is 0 Å². The average Bonchev–Trinajstić information content (AvgIpc) is 2.73. The monoisotopic (exact) mass is 391 g/mol. The Morgan fingerprint density at radius 2 is 2.26 bits per heavy atom. The lowest BCUT2D eigenvalue weighted by Gasteiger charge is -2.12. The van der Waals surface area contributed by atoms with Gasteiger partial charge in [0.25, 0.3) is 0 Å². The molecule has 0 bridgehead atoms. The summed E-state index contributed by atoms with van der Waals surface area (Å²) in [5, 5.41) is 9.72. The molecule has 0 spiro atoms. The summed E-state index contributed by atoms with van der Waals surface area (Å²) in [4.78, 5) is 11.2. The summed E-state index contributed by atoms with van der Waals surface area (Å²) in [5.41, 5.74) is 0.993. The zero-order valence-corrected chi connectivity index (χ0v) is 13.0. The maximum atomic E-state index is 11.2. The largest absolute Gasteiger partial charge is 0.496 e. The zero-order valence-electron chi connectivity index (χ0n) is 10.1. The van der Waals surface area contributed by atoms with Crippen molar-refractivity contribution < 1.29 is 14.6 Å². The van der Waals surface area contributed by atoms with E-state index < -0.39 is 5.97 Å². The molecule has 0 amide bonds. The van der Waals surface area contributed by atoms with E-state index in [0.29, 0.717) is 17.3 Å². The van der Waals surface area contributed by atoms with Gasteiger partial charge in [0.2, 0.25) is 0 Å². The first-order valence-electron chi connectivity index (χ1n) is 5.43. The number of benzene rings is 1. The number of aromatic carboxylic acids is 1. The lowest BCUT2D eigenvalue weighted by Crippen LogP contribution is -2.09. The minimum Gasteiger partial charge on any atom is -0.496 e. The maximum absolute atomic E-state index is 11.2. The van der Waals surface area contributed by atoms with Crippen molar-refractivity contribution in [3.05, 3.63) is 50.3 Å². The Bertz CT molecular complexity index is 624. The van der Waals surface area contributed by atoms with Crippen molar-refractivity contribution in [2.45, 2.75) is 6.54 Å². The number of halogens is 2. The number of carbonyl (C=O) groups is 1. The summed E-state index contributed by atoms with van der Waals surface area (Å²) in [6, 6.07) is 6.97. The highest BCUT2D eigenvalue weighted by molar-refractivity contribution is 14.1. The van der Waals surface area contributed by atoms with Crippen molar-refractivity contribution in [1.29, 1.82) is 0 Å². The molecular formula is C13H11ClINO3. The highest BCUT2D eigenvalue weighted by Gasteiger charge is 2.15. The molecule has 0 saturated carbocycles. The maximum Gasteiger partial charge on any atom is 0.352 e. The molecule has 19 heavy (non-hydrogen) atoms. The van der Waals surface area contributed by atoms with Crippen LogP contribution in [0.5, 0.6) is 5.75 Å². The predicted octanol–water partition coefficient (Wildman–Crippen LogP) is 3.50. The lowest BCUT2D eigenvalue weighted by atomic mass is 10.2. The van der Waals surface area contributed by atoms with Crippen molar-refractivity contribution in [2.24, 2.45) is 0 Å². The van der Waals surface area contributed by atoms with Crippen molar-refractivity contribution >= 4 is 40.2 Å². The second kappa shape index (κ2) is 5.83. The number of carboxylic acids is 1. The Hall–Kier alpha value is -1.21. The molecule has 100 valence electrons. The fourth-order valence-corrected chi connectivity index (χ4v) is 2.70. The van der Waals surface area contributed by atoms with Crippen LogP contribution in [0.4, 0.5) is 0 Å². The van der Waals surface area contributed by atoms with E-state index in [2.05, 4.69) is 22.6 Å². The molecule has 2 rings (SSSR count). The summed E-state index contributed by atoms with van der Waals surface area (Å²) in [5.74, 6) is -0.318. The standard InChI is InChI=1S/C13H11ClINO3/c1-19-12-4-2-3-10(14)9(12)7-16-6-8(15)5-11(16)13(17)18/h2-6H,7H2,1H3,(H,17,18). The van der Waals surface area contributed by atoms with Crippen molar-refractivity contribution in [3.8, 4) is 5.75 Å². The average molecular weight is 392 g/mol. The number of nitrogens with zero attached hydrogens (tertiary/aromatic N) is 1. The van der Waals surface area contributed by atoms with Crippen molar-refractivity contribution in [1.82, 2.24) is 4.57 Å². The van der Waals surface area contributed by atoms with Gasteiger partial charge in [0.05, 0.1) is 13.7 Å². The van der Waals surface area contributed by atoms with Crippen LogP contribution in [-0.2, 0) is 6.54 Å². The molecule has 0 aliphatic heterocycles. The van der Waals surface area contributed by atoms with Crippen LogP contribution in [0.25, 0.3) is 0 Å². The number of ether oxygens (including phenoxy) is 1. The minimum atomic E-state index is -0.964. The van der Waals surface area contributed by atoms with Crippen LogP contribution in [0.1, 0.15) is 16.1 Å². The number of hydrogen-bond donors (Lipinski definition) is 1. The predicted molar refractivity (Wildman–Crippen MR) is 81.2 cm³/mol. The van der Waals surface area contributed by atoms with Gasteiger partial charge in [-0.2, -0.15) is 0 Å². The van der Waals surface area contributed by atoms with E-state index in [1.54, 1.807) is 42.1 Å². The van der Waals surface area contributed by atoms with Crippen LogP contribution in [0.15, 0.2) is 30.5 Å². The van der Waals surface area contributed by atoms with Crippen LogP contribution in [-0.4, -0.2) is 22.8 Å². The van der Waals surface area contributed by atoms with Crippen LogP contribution < -0.4 is 4.74 Å². The normalized spacial score (nSPS) is 10.5. The van der Waals surface area contributed by atoms with Gasteiger partial charge in [0.15, 0.2) is 0 Å². The number of methoxy groups -OCH3 is 1. The van der Waals surface area contributed by atoms with E-state index in [-0.39, 0.29) is 5.69 Å². The fourth-order valence-electron chi connectivity index (χ4n) is 1.84. The zero-order chi connectivity index (χ0) is 14.0. The molecular weight excluding hydrogens is 381 g/mol. The Balaban J connectivity index is 2.44. The minimum absolute atomic E-state index is 0.228. The van der Waals surface area contributed by atoms with E-state index in [0.717, 1.165) is 9.13 Å². The van der Waals surface area contributed by atoms with Gasteiger partial charge in [0, 0.05) is 20.4 Å². The Labute approximate surface area is 129 Å². The molecule has 0 radical (unpaired) electrons. The first-order chi connectivity index (χ1) is 9.02. The van der Waals surface area contributed by atoms with Gasteiger partial charge in [-0.1, -0.05) is 17.7 Å². The molecule has 6 heteroatoms. The summed E-state index contributed by atoms with van der Waals surface area (Å²) in [7, 11) is 1.56. The van der Waals surface area contributed by atoms with E-state index in [4.69, 9.17) is 21.4 Å². The third-order valence-electron chi connectivity index (χ3n) is 2.71. The Kier molecular flexibility index (Phi) is 4.36. The van der Waals surface area contributed by atoms with E-state index in [1.165, 1.54) is 0 Å². The molecule has 1 aromatic heterocycles. The molecule has 0 aliphatic carbocycles. The molecule has 1 heterocycles. The summed E-state index contributed by atoms with van der Waals surface area (Å²) in [6.07, 6.45) is 1.77. The molecule has 0 aliphatic rings. The van der Waals surface area contributed by atoms with Gasteiger partial charge in [-0.15, -0.1) is 0 Å². The molecule has 1 N–H and O–H groups in total. The first-order valence-corrected chi connectivity index (χ1v) is 6.89. The fraction of sp³-hybridized carbons (Fsp3) is 0.154. The smallest absolute Gasteiger partial charge is 0.352 e. The first kappa shape index (κ1) is 14.2. The second-order valence-electron chi connectivity index (χ2n) is 3.90. The van der Waals surface area contributed by atoms with Gasteiger partial charge in [-0.25, -0.2) is 4.79 Å². The molecule has 2 aromatic rings. The summed E-state index contributed by atoms with van der Waals surface area (Å²) >= 11 is 8.23. The number of hydrogen-bond acceptors (Lipinski definition) is 2. The summed E-state index contributed by atoms with van der Waals surface area (Å²) < 4.78 is 7.77. The van der Waals surface area contributed by atoms with Crippen molar-refractivity contribution in [3.63, 3.8) is 0 Å². The van der Waals surface area contributed by atoms with Crippen LogP contribution in [0, 0.1) is 3.57 Å². The molecule has 0 saturated heterocycles. The van der Waals surface area contributed by atoms with E-state index in [9.17, 15) is 4.79 Å². The van der Waals surface area contributed by atoms with Gasteiger partial charge in [-0.05, 0) is 40.8 Å². The van der Waals surface area contributed by atoms with E-state index in [1.807, 2.05) is 0 Å². The summed E-state index contributed by atoms with van der Waals surface area (Å²) in [6.45, 7) is 0.355. The van der Waals surface area contributed by atoms with Crippen molar-refractivity contribution in [2.75, 3.05) is 7.11 Å². The highest BCUT2D eigenvalue weighted by atomic mass is 127. The third-order valence-corrected chi connectivity index (χ3v) is 3.65. The molecule has 0 unspecified atom stereocenters. The lowest BCUT2D eigenvalue weighted by molar-refractivity contribution is 0.0685.